The van der Waals surface area contributed by atoms with E-state index in [1.807, 2.05) is 57.3 Å². The summed E-state index contributed by atoms with van der Waals surface area (Å²) in [5.74, 6) is -0.200. The average molecular weight is 414 g/mol. The maximum atomic E-state index is 13.1. The molecular weight excluding hydrogens is 386 g/mol. The van der Waals surface area contributed by atoms with Crippen molar-refractivity contribution in [1.29, 1.82) is 0 Å². The van der Waals surface area contributed by atoms with Gasteiger partial charge in [0.15, 0.2) is 0 Å². The molecule has 0 spiro atoms. The fourth-order valence-corrected chi connectivity index (χ4v) is 3.80. The molecule has 0 aliphatic heterocycles. The van der Waals surface area contributed by atoms with Crippen molar-refractivity contribution in [2.24, 2.45) is 0 Å². The van der Waals surface area contributed by atoms with E-state index in [1.54, 1.807) is 6.20 Å². The summed E-state index contributed by atoms with van der Waals surface area (Å²) in [5.41, 5.74) is 4.30. The van der Waals surface area contributed by atoms with Gasteiger partial charge in [0.05, 0.1) is 23.2 Å². The zero-order chi connectivity index (χ0) is 21.0. The maximum Gasteiger partial charge on any atom is 0.255 e. The summed E-state index contributed by atoms with van der Waals surface area (Å²) in [6.07, 6.45) is 5.24. The number of fused-ring (bicyclic) bond motifs is 1. The number of aliphatic hydroxyl groups is 1. The Morgan fingerprint density at radius 2 is 1.97 bits per heavy atom. The highest BCUT2D eigenvalue weighted by Gasteiger charge is 2.23. The van der Waals surface area contributed by atoms with Crippen molar-refractivity contribution < 1.29 is 9.90 Å². The van der Waals surface area contributed by atoms with Gasteiger partial charge in [-0.1, -0.05) is 44.0 Å². The number of hydrogen-bond acceptors (Lipinski definition) is 3. The zero-order valence-electron chi connectivity index (χ0n) is 17.2. The molecule has 2 aromatic heterocycles. The smallest absolute Gasteiger partial charge is 0.255 e. The first kappa shape index (κ1) is 21.3. The van der Waals surface area contributed by atoms with Crippen LogP contribution in [-0.4, -0.2) is 32.7 Å². The normalized spacial score (nSPS) is 13.4. The number of pyridine rings is 1. The van der Waals surface area contributed by atoms with Crippen LogP contribution in [0.4, 0.5) is 0 Å². The van der Waals surface area contributed by atoms with Crippen molar-refractivity contribution in [1.82, 2.24) is 14.9 Å². The van der Waals surface area contributed by atoms with Crippen LogP contribution in [0.25, 0.3) is 11.0 Å². The van der Waals surface area contributed by atoms with Crippen LogP contribution in [0.5, 0.6) is 0 Å². The number of nitrogens with one attached hydrogen (secondary N) is 1. The van der Waals surface area contributed by atoms with Crippen LogP contribution in [0.2, 0.25) is 5.02 Å². The minimum absolute atomic E-state index is 0.200. The Morgan fingerprint density at radius 3 is 2.62 bits per heavy atom. The van der Waals surface area contributed by atoms with Crippen LogP contribution in [0, 0.1) is 6.92 Å². The van der Waals surface area contributed by atoms with Gasteiger partial charge in [0.1, 0.15) is 5.52 Å². The number of aryl methyl sites for hydroxylation is 1. The molecule has 1 aromatic carbocycles. The van der Waals surface area contributed by atoms with Gasteiger partial charge in [-0.25, -0.2) is 0 Å². The Morgan fingerprint density at radius 1 is 1.24 bits per heavy atom. The Balaban J connectivity index is 1.96. The average Bonchev–Trinajstić information content (AvgIpc) is 3.08. The first-order valence-electron chi connectivity index (χ1n) is 10.1. The lowest BCUT2D eigenvalue weighted by atomic mass is 10.0. The van der Waals surface area contributed by atoms with Crippen molar-refractivity contribution in [2.75, 3.05) is 0 Å². The van der Waals surface area contributed by atoms with Gasteiger partial charge in [-0.3, -0.25) is 9.78 Å². The number of benzene rings is 1. The van der Waals surface area contributed by atoms with Gasteiger partial charge in [-0.2, -0.15) is 0 Å². The number of amides is 1. The van der Waals surface area contributed by atoms with E-state index in [0.29, 0.717) is 29.1 Å². The van der Waals surface area contributed by atoms with E-state index in [1.165, 1.54) is 0 Å². The fourth-order valence-electron chi connectivity index (χ4n) is 3.67. The lowest BCUT2D eigenvalue weighted by Crippen LogP contribution is -2.43. The largest absolute Gasteiger partial charge is 0.391 e. The highest BCUT2D eigenvalue weighted by atomic mass is 35.5. The van der Waals surface area contributed by atoms with Crippen LogP contribution in [0.15, 0.2) is 42.7 Å². The van der Waals surface area contributed by atoms with Gasteiger partial charge in [-0.05, 0) is 49.1 Å². The zero-order valence-corrected chi connectivity index (χ0v) is 17.9. The molecule has 0 saturated heterocycles. The van der Waals surface area contributed by atoms with Gasteiger partial charge >= 0.3 is 0 Å². The Hall–Kier alpha value is -2.37. The van der Waals surface area contributed by atoms with Crippen molar-refractivity contribution in [2.45, 2.75) is 58.7 Å². The quantitative estimate of drug-likeness (QED) is 0.561. The molecule has 0 saturated carbocycles. The minimum Gasteiger partial charge on any atom is -0.391 e. The van der Waals surface area contributed by atoms with Crippen LogP contribution in [0.3, 0.4) is 0 Å². The molecule has 2 atom stereocenters. The first-order valence-corrected chi connectivity index (χ1v) is 10.5. The van der Waals surface area contributed by atoms with Gasteiger partial charge in [-0.15, -0.1) is 0 Å². The van der Waals surface area contributed by atoms with Crippen LogP contribution >= 0.6 is 11.6 Å². The standard InChI is InChI=1S/C23H28ClN3O2/c1-4-6-19(20(28)5-2)26-23(29)18-14-27(13-16-7-9-17(24)10-8-16)22-15(3)11-12-25-21(18)22/h7-12,14,19-20,28H,4-6,13H2,1-3H3,(H,26,29)/t19-,20-/m0/s1. The number of aliphatic hydroxyl groups excluding tert-OH is 1. The topological polar surface area (TPSA) is 67.2 Å². The third kappa shape index (κ3) is 4.80. The van der Waals surface area contributed by atoms with E-state index < -0.39 is 6.10 Å². The Bertz CT molecular complexity index is 982. The highest BCUT2D eigenvalue weighted by Crippen LogP contribution is 2.24. The van der Waals surface area contributed by atoms with Crippen LogP contribution in [0.1, 0.15) is 54.6 Å². The van der Waals surface area contributed by atoms with E-state index in [-0.39, 0.29) is 11.9 Å². The van der Waals surface area contributed by atoms with E-state index >= 15 is 0 Å². The lowest BCUT2D eigenvalue weighted by Gasteiger charge is -2.22. The SMILES string of the molecule is CCC[C@H](NC(=O)c1cn(Cc2ccc(Cl)cc2)c2c(C)ccnc12)[C@@H](O)CC. The van der Waals surface area contributed by atoms with Crippen molar-refractivity contribution >= 4 is 28.5 Å². The first-order chi connectivity index (χ1) is 13.9. The van der Waals surface area contributed by atoms with E-state index in [4.69, 9.17) is 11.6 Å². The summed E-state index contributed by atoms with van der Waals surface area (Å²) in [5, 5.41) is 14.0. The molecule has 6 heteroatoms. The molecule has 0 radical (unpaired) electrons. The molecule has 0 aliphatic carbocycles. The number of nitrogens with zero attached hydrogens (tertiary/aromatic N) is 2. The Labute approximate surface area is 176 Å². The summed E-state index contributed by atoms with van der Waals surface area (Å²) in [4.78, 5) is 17.6. The molecule has 29 heavy (non-hydrogen) atoms. The Kier molecular flexibility index (Phi) is 6.93. The summed E-state index contributed by atoms with van der Waals surface area (Å²) in [6, 6.07) is 9.37. The number of rotatable bonds is 8. The van der Waals surface area contributed by atoms with Crippen molar-refractivity contribution in [3.63, 3.8) is 0 Å². The molecule has 0 fully saturated rings. The second-order valence-corrected chi connectivity index (χ2v) is 7.90. The molecule has 2 N–H and O–H groups in total. The summed E-state index contributed by atoms with van der Waals surface area (Å²) < 4.78 is 2.06. The van der Waals surface area contributed by atoms with Crippen molar-refractivity contribution in [3.8, 4) is 0 Å². The molecule has 5 nitrogen and oxygen atoms in total. The van der Waals surface area contributed by atoms with Gasteiger partial charge < -0.3 is 15.0 Å². The molecular formula is C23H28ClN3O2. The second kappa shape index (κ2) is 9.42. The lowest BCUT2D eigenvalue weighted by molar-refractivity contribution is 0.0813. The van der Waals surface area contributed by atoms with Crippen molar-refractivity contribution in [3.05, 3.63) is 64.4 Å². The summed E-state index contributed by atoms with van der Waals surface area (Å²) in [7, 11) is 0. The predicted octanol–water partition coefficient (Wildman–Crippen LogP) is 4.72. The second-order valence-electron chi connectivity index (χ2n) is 7.47. The van der Waals surface area contributed by atoms with Crippen LogP contribution in [-0.2, 0) is 6.54 Å². The number of carbonyl (C=O) groups excluding carboxylic acids is 1. The monoisotopic (exact) mass is 413 g/mol. The van der Waals surface area contributed by atoms with Gasteiger partial charge in [0.25, 0.3) is 5.91 Å². The third-order valence-corrected chi connectivity index (χ3v) is 5.51. The van der Waals surface area contributed by atoms with E-state index in [9.17, 15) is 9.90 Å². The summed E-state index contributed by atoms with van der Waals surface area (Å²) >= 11 is 6.00. The minimum atomic E-state index is -0.559. The molecule has 2 heterocycles. The maximum absolute atomic E-state index is 13.1. The number of carbonyl (C=O) groups is 1. The third-order valence-electron chi connectivity index (χ3n) is 5.26. The highest BCUT2D eigenvalue weighted by molar-refractivity contribution is 6.30. The fraction of sp³-hybridized carbons (Fsp3) is 0.391. The molecule has 0 unspecified atom stereocenters. The number of aromatic nitrogens is 2. The van der Waals surface area contributed by atoms with Gasteiger partial charge in [0, 0.05) is 24.0 Å². The molecule has 154 valence electrons. The molecule has 0 bridgehead atoms. The van der Waals surface area contributed by atoms with Crippen LogP contribution < -0.4 is 5.32 Å². The number of halogens is 1. The van der Waals surface area contributed by atoms with E-state index in [0.717, 1.165) is 29.5 Å². The molecule has 0 aliphatic rings. The molecule has 3 aromatic rings. The van der Waals surface area contributed by atoms with E-state index in [2.05, 4.69) is 14.9 Å². The summed E-state index contributed by atoms with van der Waals surface area (Å²) in [6.45, 7) is 6.60. The number of hydrogen-bond donors (Lipinski definition) is 2. The van der Waals surface area contributed by atoms with Gasteiger partial charge in [0.2, 0.25) is 0 Å². The predicted molar refractivity (Wildman–Crippen MR) is 117 cm³/mol. The molecule has 1 amide bonds. The molecule has 3 rings (SSSR count).